The number of amides is 2. The molecule has 1 unspecified atom stereocenters. The number of rotatable bonds is 2. The molecule has 1 aromatic carbocycles. The summed E-state index contributed by atoms with van der Waals surface area (Å²) >= 11 is 6.43. The number of pyridine rings is 1. The molecule has 3 aliphatic rings. The molecule has 4 heterocycles. The van der Waals surface area contributed by atoms with Crippen molar-refractivity contribution in [3.63, 3.8) is 0 Å². The molecule has 0 saturated carbocycles. The van der Waals surface area contributed by atoms with Gasteiger partial charge in [-0.15, -0.1) is 0 Å². The zero-order valence-electron chi connectivity index (χ0n) is 22.8. The molecule has 0 radical (unpaired) electrons. The van der Waals surface area contributed by atoms with Gasteiger partial charge in [0.2, 0.25) is 0 Å². The summed E-state index contributed by atoms with van der Waals surface area (Å²) in [4.78, 5) is 36.5. The van der Waals surface area contributed by atoms with E-state index in [1.165, 1.54) is 0 Å². The van der Waals surface area contributed by atoms with Gasteiger partial charge in [0.05, 0.1) is 17.2 Å². The highest BCUT2D eigenvalue weighted by Gasteiger charge is 2.45. The molecule has 0 bridgehead atoms. The van der Waals surface area contributed by atoms with Crippen LogP contribution in [-0.4, -0.2) is 88.0 Å². The number of aliphatic hydroxyl groups is 1. The molecule has 2 aromatic rings. The van der Waals surface area contributed by atoms with Crippen molar-refractivity contribution >= 4 is 29.4 Å². The molecule has 2 atom stereocenters. The smallest absolute Gasteiger partial charge is 0.410 e. The van der Waals surface area contributed by atoms with E-state index >= 15 is 4.39 Å². The second-order valence-corrected chi connectivity index (χ2v) is 12.4. The van der Waals surface area contributed by atoms with Gasteiger partial charge in [-0.3, -0.25) is 4.79 Å². The number of halogens is 2. The fourth-order valence-corrected chi connectivity index (χ4v) is 5.77. The first-order valence-electron chi connectivity index (χ1n) is 13.1. The zero-order valence-corrected chi connectivity index (χ0v) is 23.6. The number of hydrogen-bond donors (Lipinski definition) is 1. The summed E-state index contributed by atoms with van der Waals surface area (Å²) in [6, 6.07) is 6.26. The fraction of sp³-hybridized carbons (Fsp3) is 0.536. The summed E-state index contributed by atoms with van der Waals surface area (Å²) in [5, 5.41) is 10.8. The molecule has 2 amide bonds. The van der Waals surface area contributed by atoms with Crippen molar-refractivity contribution in [3.8, 4) is 17.0 Å². The van der Waals surface area contributed by atoms with Gasteiger partial charge in [0.1, 0.15) is 29.3 Å². The lowest BCUT2D eigenvalue weighted by molar-refractivity contribution is 0.000864. The van der Waals surface area contributed by atoms with Crippen LogP contribution in [0.4, 0.5) is 15.0 Å². The number of fused-ring (bicyclic) bond motifs is 2. The minimum atomic E-state index is -0.781. The van der Waals surface area contributed by atoms with E-state index in [2.05, 4.69) is 4.98 Å². The quantitative estimate of drug-likeness (QED) is 0.583. The van der Waals surface area contributed by atoms with Gasteiger partial charge in [-0.05, 0) is 47.1 Å². The first kappa shape index (κ1) is 27.5. The van der Waals surface area contributed by atoms with Crippen LogP contribution in [0.5, 0.6) is 5.75 Å². The minimum Gasteiger partial charge on any atom is -0.487 e. The van der Waals surface area contributed by atoms with E-state index < -0.39 is 41.1 Å². The van der Waals surface area contributed by atoms with Crippen LogP contribution in [0.25, 0.3) is 11.3 Å². The molecule has 0 aliphatic carbocycles. The fourth-order valence-electron chi connectivity index (χ4n) is 5.55. The number of hydrogen-bond acceptors (Lipinski definition) is 7. The van der Waals surface area contributed by atoms with Gasteiger partial charge < -0.3 is 29.3 Å². The van der Waals surface area contributed by atoms with Crippen molar-refractivity contribution in [3.05, 3.63) is 40.7 Å². The molecule has 39 heavy (non-hydrogen) atoms. The molecule has 2 fully saturated rings. The standard InChI is InChI=1S/C28H34ClFN4O5/c1-27(2,3)39-26(37)32-10-11-33-16(13-32)15-38-23-20(25(33)36)24(34-14-17(35)12-28(34,4)5)31-22(21(23)30)18-8-6-7-9-19(18)29/h6-9,16-17,35H,10-15H2,1-5H3/t16-,17?/m1/s1. The van der Waals surface area contributed by atoms with Crippen LogP contribution in [-0.2, 0) is 4.74 Å². The predicted octanol–water partition coefficient (Wildman–Crippen LogP) is 4.34. The van der Waals surface area contributed by atoms with Crippen molar-refractivity contribution in [2.24, 2.45) is 0 Å². The zero-order chi connectivity index (χ0) is 28.3. The Bertz CT molecular complexity index is 1310. The highest BCUT2D eigenvalue weighted by molar-refractivity contribution is 6.33. The Morgan fingerprint density at radius 3 is 2.59 bits per heavy atom. The number of ether oxygens (including phenoxy) is 2. The van der Waals surface area contributed by atoms with Crippen LogP contribution in [0.2, 0.25) is 5.02 Å². The molecular formula is C28H34ClFN4O5. The van der Waals surface area contributed by atoms with E-state index in [1.54, 1.807) is 54.8 Å². The van der Waals surface area contributed by atoms with Gasteiger partial charge in [-0.2, -0.15) is 0 Å². The third-order valence-corrected chi connectivity index (χ3v) is 7.68. The summed E-state index contributed by atoms with van der Waals surface area (Å²) in [6.07, 6.45) is -0.661. The Kier molecular flexibility index (Phi) is 6.91. The van der Waals surface area contributed by atoms with Gasteiger partial charge in [0, 0.05) is 37.3 Å². The summed E-state index contributed by atoms with van der Waals surface area (Å²) in [5.74, 6) is -1.17. The average Bonchev–Trinajstić information content (AvgIpc) is 3.03. The van der Waals surface area contributed by atoms with E-state index in [0.29, 0.717) is 17.0 Å². The van der Waals surface area contributed by atoms with Crippen molar-refractivity contribution in [1.82, 2.24) is 14.8 Å². The van der Waals surface area contributed by atoms with Crippen molar-refractivity contribution in [2.45, 2.75) is 64.3 Å². The number of carbonyl (C=O) groups excluding carboxylic acids is 2. The van der Waals surface area contributed by atoms with Crippen LogP contribution in [0, 0.1) is 5.82 Å². The Morgan fingerprint density at radius 1 is 1.23 bits per heavy atom. The third kappa shape index (κ3) is 5.12. The molecule has 9 nitrogen and oxygen atoms in total. The lowest BCUT2D eigenvalue weighted by atomic mass is 10.00. The maximum atomic E-state index is 16.2. The van der Waals surface area contributed by atoms with Crippen LogP contribution in [0.3, 0.4) is 0 Å². The van der Waals surface area contributed by atoms with Crippen LogP contribution in [0.15, 0.2) is 24.3 Å². The number of piperazine rings is 1. The topological polar surface area (TPSA) is 95.4 Å². The van der Waals surface area contributed by atoms with E-state index in [9.17, 15) is 14.7 Å². The maximum Gasteiger partial charge on any atom is 0.410 e. The summed E-state index contributed by atoms with van der Waals surface area (Å²) in [7, 11) is 0. The summed E-state index contributed by atoms with van der Waals surface area (Å²) < 4.78 is 27.8. The Labute approximate surface area is 232 Å². The van der Waals surface area contributed by atoms with Gasteiger partial charge in [-0.1, -0.05) is 29.8 Å². The number of nitrogens with zero attached hydrogens (tertiary/aromatic N) is 4. The van der Waals surface area contributed by atoms with Gasteiger partial charge in [-0.25, -0.2) is 14.2 Å². The van der Waals surface area contributed by atoms with Crippen molar-refractivity contribution in [1.29, 1.82) is 0 Å². The van der Waals surface area contributed by atoms with Gasteiger partial charge in [0.25, 0.3) is 5.91 Å². The third-order valence-electron chi connectivity index (χ3n) is 7.35. The molecule has 2 saturated heterocycles. The van der Waals surface area contributed by atoms with Crippen LogP contribution < -0.4 is 9.64 Å². The first-order chi connectivity index (χ1) is 18.3. The Balaban J connectivity index is 1.59. The van der Waals surface area contributed by atoms with E-state index in [1.807, 2.05) is 18.7 Å². The maximum absolute atomic E-state index is 16.2. The number of β-amino-alcohol motifs (C(OH)–C–C–N with tert-alkyl or cyclic N) is 1. The normalized spacial score (nSPS) is 22.7. The molecule has 1 N–H and O–H groups in total. The molecule has 11 heteroatoms. The molecule has 5 rings (SSSR count). The molecular weight excluding hydrogens is 527 g/mol. The molecule has 1 aromatic heterocycles. The first-order valence-corrected chi connectivity index (χ1v) is 13.5. The van der Waals surface area contributed by atoms with Gasteiger partial charge in [0.15, 0.2) is 11.6 Å². The SMILES string of the molecule is CC(C)(C)OC(=O)N1CCN2C(=O)c3c(N4CC(O)CC4(C)C)nc(-c4ccccc4Cl)c(F)c3OC[C@H]2C1. The second kappa shape index (κ2) is 9.82. The van der Waals surface area contributed by atoms with Crippen LogP contribution in [0.1, 0.15) is 51.4 Å². The van der Waals surface area contributed by atoms with E-state index in [4.69, 9.17) is 21.1 Å². The molecule has 3 aliphatic heterocycles. The van der Waals surface area contributed by atoms with E-state index in [-0.39, 0.29) is 55.6 Å². The molecule has 0 spiro atoms. The Morgan fingerprint density at radius 2 is 1.95 bits per heavy atom. The highest BCUT2D eigenvalue weighted by Crippen LogP contribution is 2.44. The number of aromatic nitrogens is 1. The number of anilines is 1. The van der Waals surface area contributed by atoms with Crippen molar-refractivity contribution in [2.75, 3.05) is 37.7 Å². The highest BCUT2D eigenvalue weighted by atomic mass is 35.5. The molecule has 210 valence electrons. The largest absolute Gasteiger partial charge is 0.487 e. The summed E-state index contributed by atoms with van der Waals surface area (Å²) in [5.41, 5.74) is -0.871. The summed E-state index contributed by atoms with van der Waals surface area (Å²) in [6.45, 7) is 10.1. The van der Waals surface area contributed by atoms with Crippen molar-refractivity contribution < 1.29 is 28.6 Å². The number of aliphatic hydroxyl groups excluding tert-OH is 1. The van der Waals surface area contributed by atoms with Crippen LogP contribution >= 0.6 is 11.6 Å². The predicted molar refractivity (Wildman–Crippen MR) is 145 cm³/mol. The Hall–Kier alpha value is -3.11. The minimum absolute atomic E-state index is 0.0127. The lowest BCUT2D eigenvalue weighted by Crippen LogP contribution is -2.58. The van der Waals surface area contributed by atoms with E-state index in [0.717, 1.165) is 0 Å². The number of carbonyl (C=O) groups is 2. The second-order valence-electron chi connectivity index (χ2n) is 12.0. The monoisotopic (exact) mass is 560 g/mol. The average molecular weight is 561 g/mol. The lowest BCUT2D eigenvalue weighted by Gasteiger charge is -2.40. The van der Waals surface area contributed by atoms with Gasteiger partial charge >= 0.3 is 6.09 Å². The number of benzene rings is 1.